The molecule has 4 aliphatic rings. The van der Waals surface area contributed by atoms with Crippen molar-refractivity contribution in [1.29, 1.82) is 0 Å². The lowest BCUT2D eigenvalue weighted by Gasteiger charge is -2.62. The lowest BCUT2D eigenvalue weighted by molar-refractivity contribution is -0.186. The Balaban J connectivity index is 1.72. The first-order valence-corrected chi connectivity index (χ1v) is 9.91. The number of rotatable bonds is 0. The fourth-order valence-corrected chi connectivity index (χ4v) is 7.49. The molecule has 4 N–H and O–H groups in total. The highest BCUT2D eigenvalue weighted by molar-refractivity contribution is 5.27. The predicted octanol–water partition coefficient (Wildman–Crippen LogP) is 1.70. The van der Waals surface area contributed by atoms with Gasteiger partial charge in [-0.3, -0.25) is 0 Å². The molecule has 4 fully saturated rings. The molecule has 4 rings (SSSR count). The maximum Gasteiger partial charge on any atom is 0.156 e. The molecule has 10 atom stereocenters. The number of aliphatic hydroxyl groups is 4. The zero-order chi connectivity index (χ0) is 18.2. The van der Waals surface area contributed by atoms with Crippen molar-refractivity contribution in [2.45, 2.75) is 82.7 Å². The van der Waals surface area contributed by atoms with Crippen LogP contribution in [0.1, 0.15) is 58.8 Å². The molecule has 4 aliphatic carbocycles. The van der Waals surface area contributed by atoms with E-state index in [1.54, 1.807) is 0 Å². The van der Waals surface area contributed by atoms with E-state index in [9.17, 15) is 20.4 Å². The predicted molar refractivity (Wildman–Crippen MR) is 94.3 cm³/mol. The third-order valence-corrected chi connectivity index (χ3v) is 9.10. The van der Waals surface area contributed by atoms with Gasteiger partial charge in [-0.1, -0.05) is 19.8 Å². The summed E-state index contributed by atoms with van der Waals surface area (Å²) < 4.78 is 0. The van der Waals surface area contributed by atoms with E-state index in [0.717, 1.165) is 32.1 Å². The van der Waals surface area contributed by atoms with Crippen LogP contribution in [-0.2, 0) is 0 Å². The van der Waals surface area contributed by atoms with Crippen molar-refractivity contribution in [3.8, 4) is 12.3 Å². The van der Waals surface area contributed by atoms with E-state index in [1.165, 1.54) is 0 Å². The molecule has 0 spiro atoms. The van der Waals surface area contributed by atoms with Gasteiger partial charge in [0.15, 0.2) is 5.60 Å². The molecule has 0 heterocycles. The highest BCUT2D eigenvalue weighted by atomic mass is 16.3. The lowest BCUT2D eigenvalue weighted by Crippen LogP contribution is -2.60. The van der Waals surface area contributed by atoms with Gasteiger partial charge in [0.1, 0.15) is 0 Å². The summed E-state index contributed by atoms with van der Waals surface area (Å²) >= 11 is 0. The summed E-state index contributed by atoms with van der Waals surface area (Å²) in [5.74, 6) is 3.35. The second-order valence-electron chi connectivity index (χ2n) is 9.84. The van der Waals surface area contributed by atoms with Crippen LogP contribution >= 0.6 is 0 Å². The second kappa shape index (κ2) is 5.45. The van der Waals surface area contributed by atoms with Gasteiger partial charge in [-0.25, -0.2) is 0 Å². The van der Waals surface area contributed by atoms with E-state index < -0.39 is 23.2 Å². The van der Waals surface area contributed by atoms with Crippen molar-refractivity contribution in [3.05, 3.63) is 0 Å². The van der Waals surface area contributed by atoms with Crippen LogP contribution in [0, 0.1) is 46.8 Å². The fourth-order valence-electron chi connectivity index (χ4n) is 7.49. The van der Waals surface area contributed by atoms with Crippen LogP contribution in [0.3, 0.4) is 0 Å². The molecular weight excluding hydrogens is 316 g/mol. The normalized spacial score (nSPS) is 60.9. The van der Waals surface area contributed by atoms with Crippen molar-refractivity contribution in [2.75, 3.05) is 0 Å². The minimum atomic E-state index is -1.50. The molecule has 0 saturated heterocycles. The molecule has 4 saturated carbocycles. The molecule has 25 heavy (non-hydrogen) atoms. The minimum Gasteiger partial charge on any atom is -0.393 e. The number of terminal acetylenes is 1. The molecule has 0 aromatic heterocycles. The van der Waals surface area contributed by atoms with Crippen LogP contribution in [0.15, 0.2) is 0 Å². The highest BCUT2D eigenvalue weighted by Crippen LogP contribution is 2.68. The van der Waals surface area contributed by atoms with Crippen LogP contribution in [-0.4, -0.2) is 44.3 Å². The maximum atomic E-state index is 11.0. The first kappa shape index (κ1) is 17.8. The van der Waals surface area contributed by atoms with Crippen molar-refractivity contribution < 1.29 is 20.4 Å². The fraction of sp³-hybridized carbons (Fsp3) is 0.905. The molecule has 0 aliphatic heterocycles. The summed E-state index contributed by atoms with van der Waals surface area (Å²) in [6.07, 6.45) is 9.57. The number of hydrogen-bond donors (Lipinski definition) is 4. The van der Waals surface area contributed by atoms with E-state index in [4.69, 9.17) is 6.42 Å². The van der Waals surface area contributed by atoms with Crippen LogP contribution in [0.25, 0.3) is 0 Å². The van der Waals surface area contributed by atoms with Crippen molar-refractivity contribution in [3.63, 3.8) is 0 Å². The Kier molecular flexibility index (Phi) is 3.88. The first-order valence-electron chi connectivity index (χ1n) is 9.91. The molecular formula is C21H32O4. The van der Waals surface area contributed by atoms with E-state index in [2.05, 4.69) is 12.8 Å². The average molecular weight is 348 g/mol. The van der Waals surface area contributed by atoms with Gasteiger partial charge in [0.2, 0.25) is 0 Å². The Morgan fingerprint density at radius 3 is 2.36 bits per heavy atom. The largest absolute Gasteiger partial charge is 0.393 e. The van der Waals surface area contributed by atoms with Crippen LogP contribution in [0.4, 0.5) is 0 Å². The van der Waals surface area contributed by atoms with Gasteiger partial charge in [0, 0.05) is 5.41 Å². The molecule has 0 radical (unpaired) electrons. The Hall–Kier alpha value is -0.600. The monoisotopic (exact) mass is 348 g/mol. The zero-order valence-electron chi connectivity index (χ0n) is 15.4. The van der Waals surface area contributed by atoms with Gasteiger partial charge < -0.3 is 20.4 Å². The van der Waals surface area contributed by atoms with Gasteiger partial charge in [0.25, 0.3) is 0 Å². The molecule has 0 amide bonds. The molecule has 0 aromatic rings. The molecule has 4 nitrogen and oxygen atoms in total. The molecule has 0 aromatic carbocycles. The summed E-state index contributed by atoms with van der Waals surface area (Å²) in [4.78, 5) is 0. The van der Waals surface area contributed by atoms with Crippen molar-refractivity contribution in [2.24, 2.45) is 34.5 Å². The SMILES string of the molecule is C#C[C@@]1(O)[C@@H](O)CC2C3C(O)C[C@@H]4C[C@@H](O)CC[C@]4(C)C3CC[C@@]21C. The van der Waals surface area contributed by atoms with E-state index in [1.807, 2.05) is 6.92 Å². The Morgan fingerprint density at radius 1 is 0.960 bits per heavy atom. The van der Waals surface area contributed by atoms with Gasteiger partial charge in [-0.05, 0) is 74.0 Å². The summed E-state index contributed by atoms with van der Waals surface area (Å²) in [7, 11) is 0. The van der Waals surface area contributed by atoms with Gasteiger partial charge in [-0.15, -0.1) is 6.42 Å². The third kappa shape index (κ3) is 2.10. The van der Waals surface area contributed by atoms with Crippen LogP contribution < -0.4 is 0 Å². The van der Waals surface area contributed by atoms with Crippen molar-refractivity contribution in [1.82, 2.24) is 0 Å². The smallest absolute Gasteiger partial charge is 0.156 e. The van der Waals surface area contributed by atoms with E-state index >= 15 is 0 Å². The number of hydrogen-bond acceptors (Lipinski definition) is 4. The van der Waals surface area contributed by atoms with Gasteiger partial charge >= 0.3 is 0 Å². The molecule has 4 heteroatoms. The highest BCUT2D eigenvalue weighted by Gasteiger charge is 2.68. The lowest BCUT2D eigenvalue weighted by atomic mass is 9.43. The Morgan fingerprint density at radius 2 is 1.68 bits per heavy atom. The Bertz CT molecular complexity index is 599. The summed E-state index contributed by atoms with van der Waals surface area (Å²) in [5.41, 5.74) is -1.91. The standard InChI is InChI=1S/C21H32O4/c1-4-21(25)17(24)11-15-18-14(6-8-20(15,21)3)19(2)7-5-13(22)9-12(19)10-16(18)23/h1,12-18,22-25H,5-11H2,2-3H3/t12-,13-,14?,15?,16?,17-,18?,19-,20-,21+/m0/s1. The van der Waals surface area contributed by atoms with E-state index in [0.29, 0.717) is 24.7 Å². The van der Waals surface area contributed by atoms with E-state index in [-0.39, 0.29) is 23.4 Å². The number of fused-ring (bicyclic) bond motifs is 5. The maximum absolute atomic E-state index is 11.0. The summed E-state index contributed by atoms with van der Waals surface area (Å²) in [6, 6.07) is 0. The zero-order valence-corrected chi connectivity index (χ0v) is 15.4. The molecule has 4 unspecified atom stereocenters. The molecule has 140 valence electrons. The third-order valence-electron chi connectivity index (χ3n) is 9.10. The summed E-state index contributed by atoms with van der Waals surface area (Å²) in [5, 5.41) is 42.7. The van der Waals surface area contributed by atoms with Crippen LogP contribution in [0.5, 0.6) is 0 Å². The first-order chi connectivity index (χ1) is 11.7. The number of aliphatic hydroxyl groups excluding tert-OH is 3. The van der Waals surface area contributed by atoms with Gasteiger partial charge in [0.05, 0.1) is 18.3 Å². The quantitative estimate of drug-likeness (QED) is 0.502. The molecule has 0 bridgehead atoms. The van der Waals surface area contributed by atoms with Crippen molar-refractivity contribution >= 4 is 0 Å². The average Bonchev–Trinajstić information content (AvgIpc) is 2.77. The van der Waals surface area contributed by atoms with Crippen LogP contribution in [0.2, 0.25) is 0 Å². The minimum absolute atomic E-state index is 0.0434. The Labute approximate surface area is 150 Å². The summed E-state index contributed by atoms with van der Waals surface area (Å²) in [6.45, 7) is 4.35. The van der Waals surface area contributed by atoms with Gasteiger partial charge in [-0.2, -0.15) is 0 Å². The second-order valence-corrected chi connectivity index (χ2v) is 9.84. The topological polar surface area (TPSA) is 80.9 Å².